The molecule has 1 amide bonds. The summed E-state index contributed by atoms with van der Waals surface area (Å²) in [6, 6.07) is 2.02. The molecule has 0 aromatic rings. The maximum atomic E-state index is 10.7. The van der Waals surface area contributed by atoms with Gasteiger partial charge >= 0.3 is 0 Å². The van der Waals surface area contributed by atoms with Crippen molar-refractivity contribution in [2.24, 2.45) is 0 Å². The topological polar surface area (TPSA) is 64.9 Å². The quantitative estimate of drug-likeness (QED) is 0.582. The van der Waals surface area contributed by atoms with Crippen LogP contribution in [0.4, 0.5) is 0 Å². The van der Waals surface area contributed by atoms with E-state index in [0.29, 0.717) is 6.54 Å². The van der Waals surface area contributed by atoms with Crippen molar-refractivity contribution in [2.75, 3.05) is 13.6 Å². The summed E-state index contributed by atoms with van der Waals surface area (Å²) in [7, 11) is 1.82. The number of likely N-dealkylation sites (N-methyl/N-ethyl adjacent to an activating group) is 1. The minimum atomic E-state index is -0.213. The first-order chi connectivity index (χ1) is 5.20. The van der Waals surface area contributed by atoms with Gasteiger partial charge in [-0.3, -0.25) is 4.79 Å². The lowest BCUT2D eigenvalue weighted by Crippen LogP contribution is -2.36. The number of nitriles is 1. The Bertz CT molecular complexity index is 162. The monoisotopic (exact) mass is 155 g/mol. The molecule has 0 aliphatic rings. The van der Waals surface area contributed by atoms with E-state index in [1.54, 1.807) is 6.07 Å². The van der Waals surface area contributed by atoms with Crippen molar-refractivity contribution in [3.8, 4) is 6.07 Å². The molecule has 0 rings (SSSR count). The highest BCUT2D eigenvalue weighted by Gasteiger charge is 2.01. The molecule has 0 aromatic heterocycles. The largest absolute Gasteiger partial charge is 0.354 e. The van der Waals surface area contributed by atoms with Crippen molar-refractivity contribution < 1.29 is 4.79 Å². The fourth-order valence-electron chi connectivity index (χ4n) is 0.503. The van der Waals surface area contributed by atoms with Gasteiger partial charge in [-0.05, 0) is 14.0 Å². The second-order valence-electron chi connectivity index (χ2n) is 2.33. The average molecular weight is 155 g/mol. The highest BCUT2D eigenvalue weighted by Crippen LogP contribution is 1.78. The number of nitrogens with one attached hydrogen (secondary N) is 2. The van der Waals surface area contributed by atoms with E-state index in [9.17, 15) is 4.79 Å². The molecular formula is C7H13N3O. The Morgan fingerprint density at radius 3 is 2.82 bits per heavy atom. The van der Waals surface area contributed by atoms with Crippen molar-refractivity contribution >= 4 is 5.91 Å². The molecule has 4 heteroatoms. The first-order valence-electron chi connectivity index (χ1n) is 3.51. The molecule has 4 nitrogen and oxygen atoms in total. The fraction of sp³-hybridized carbons (Fsp3) is 0.714. The van der Waals surface area contributed by atoms with Gasteiger partial charge in [-0.25, -0.2) is 0 Å². The first-order valence-corrected chi connectivity index (χ1v) is 3.51. The predicted molar refractivity (Wildman–Crippen MR) is 41.8 cm³/mol. The predicted octanol–water partition coefficient (Wildman–Crippen LogP) is -0.376. The Labute approximate surface area is 66.6 Å². The van der Waals surface area contributed by atoms with Gasteiger partial charge < -0.3 is 10.6 Å². The number of nitrogens with zero attached hydrogens (tertiary/aromatic N) is 1. The van der Waals surface area contributed by atoms with Gasteiger partial charge in [0.05, 0.1) is 6.07 Å². The van der Waals surface area contributed by atoms with Crippen LogP contribution in [0.15, 0.2) is 0 Å². The normalized spacial score (nSPS) is 11.7. The van der Waals surface area contributed by atoms with Crippen LogP contribution in [0.25, 0.3) is 0 Å². The van der Waals surface area contributed by atoms with Gasteiger partial charge in [-0.15, -0.1) is 0 Å². The molecule has 1 atom stereocenters. The summed E-state index contributed by atoms with van der Waals surface area (Å²) in [5.41, 5.74) is 0. The molecule has 0 saturated carbocycles. The van der Waals surface area contributed by atoms with Crippen molar-refractivity contribution in [1.82, 2.24) is 10.6 Å². The van der Waals surface area contributed by atoms with Gasteiger partial charge in [0.15, 0.2) is 0 Å². The zero-order valence-corrected chi connectivity index (χ0v) is 6.85. The van der Waals surface area contributed by atoms with Gasteiger partial charge in [0.1, 0.15) is 6.42 Å². The molecule has 0 aliphatic heterocycles. The molecule has 0 fully saturated rings. The van der Waals surface area contributed by atoms with Crippen molar-refractivity contribution in [1.29, 1.82) is 5.26 Å². The Hall–Kier alpha value is -1.08. The summed E-state index contributed by atoms with van der Waals surface area (Å²) >= 11 is 0. The molecular weight excluding hydrogens is 142 g/mol. The van der Waals surface area contributed by atoms with Crippen molar-refractivity contribution in [3.63, 3.8) is 0 Å². The second kappa shape index (κ2) is 5.69. The molecule has 1 unspecified atom stereocenters. The van der Waals surface area contributed by atoms with Crippen LogP contribution < -0.4 is 10.6 Å². The van der Waals surface area contributed by atoms with E-state index in [-0.39, 0.29) is 18.4 Å². The number of rotatable bonds is 4. The number of carbonyl (C=O) groups is 1. The number of hydrogen-bond acceptors (Lipinski definition) is 3. The van der Waals surface area contributed by atoms with E-state index in [4.69, 9.17) is 5.26 Å². The van der Waals surface area contributed by atoms with E-state index in [0.717, 1.165) is 0 Å². The van der Waals surface area contributed by atoms with Gasteiger partial charge in [0.25, 0.3) is 0 Å². The lowest BCUT2D eigenvalue weighted by atomic mass is 10.3. The molecule has 0 aliphatic carbocycles. The fourth-order valence-corrected chi connectivity index (χ4v) is 0.503. The molecule has 0 bridgehead atoms. The zero-order valence-electron chi connectivity index (χ0n) is 6.85. The van der Waals surface area contributed by atoms with Crippen LogP contribution in [0.2, 0.25) is 0 Å². The summed E-state index contributed by atoms with van der Waals surface area (Å²) in [6.45, 7) is 2.52. The lowest BCUT2D eigenvalue weighted by molar-refractivity contribution is -0.120. The molecule has 62 valence electrons. The van der Waals surface area contributed by atoms with Gasteiger partial charge in [0, 0.05) is 12.6 Å². The number of carbonyl (C=O) groups excluding carboxylic acids is 1. The van der Waals surface area contributed by atoms with Crippen LogP contribution in [0.5, 0.6) is 0 Å². The highest BCUT2D eigenvalue weighted by atomic mass is 16.1. The van der Waals surface area contributed by atoms with E-state index in [1.165, 1.54) is 0 Å². The highest BCUT2D eigenvalue weighted by molar-refractivity contribution is 5.77. The van der Waals surface area contributed by atoms with Crippen LogP contribution in [-0.2, 0) is 4.79 Å². The summed E-state index contributed by atoms with van der Waals surface area (Å²) in [6.07, 6.45) is -0.0591. The van der Waals surface area contributed by atoms with Crippen LogP contribution in [0, 0.1) is 11.3 Å². The molecule has 2 N–H and O–H groups in total. The average Bonchev–Trinajstić information content (AvgIpc) is 2.01. The first kappa shape index (κ1) is 9.92. The third kappa shape index (κ3) is 5.37. The third-order valence-corrected chi connectivity index (χ3v) is 1.34. The standard InChI is InChI=1S/C7H13N3O/c1-6(9-2)5-10-7(11)3-4-8/h6,9H,3,5H2,1-2H3,(H,10,11). The summed E-state index contributed by atoms with van der Waals surface area (Å²) in [5, 5.41) is 13.7. The molecule has 11 heavy (non-hydrogen) atoms. The van der Waals surface area contributed by atoms with E-state index in [2.05, 4.69) is 10.6 Å². The van der Waals surface area contributed by atoms with E-state index < -0.39 is 0 Å². The third-order valence-electron chi connectivity index (χ3n) is 1.34. The smallest absolute Gasteiger partial charge is 0.234 e. The van der Waals surface area contributed by atoms with Crippen LogP contribution in [-0.4, -0.2) is 25.5 Å². The minimum absolute atomic E-state index is 0.0591. The molecule has 0 spiro atoms. The summed E-state index contributed by atoms with van der Waals surface area (Å²) in [4.78, 5) is 10.7. The Kier molecular flexibility index (Phi) is 5.13. The Morgan fingerprint density at radius 1 is 1.73 bits per heavy atom. The van der Waals surface area contributed by atoms with Gasteiger partial charge in [0.2, 0.25) is 5.91 Å². The Morgan fingerprint density at radius 2 is 2.36 bits per heavy atom. The van der Waals surface area contributed by atoms with Crippen molar-refractivity contribution in [3.05, 3.63) is 0 Å². The lowest BCUT2D eigenvalue weighted by Gasteiger charge is -2.09. The molecule has 0 aromatic carbocycles. The van der Waals surface area contributed by atoms with Crippen LogP contribution in [0.3, 0.4) is 0 Å². The summed E-state index contributed by atoms with van der Waals surface area (Å²) in [5.74, 6) is -0.213. The maximum Gasteiger partial charge on any atom is 0.234 e. The van der Waals surface area contributed by atoms with Crippen molar-refractivity contribution in [2.45, 2.75) is 19.4 Å². The second-order valence-corrected chi connectivity index (χ2v) is 2.33. The van der Waals surface area contributed by atoms with E-state index >= 15 is 0 Å². The molecule has 0 saturated heterocycles. The van der Waals surface area contributed by atoms with Crippen LogP contribution in [0.1, 0.15) is 13.3 Å². The molecule has 0 radical (unpaired) electrons. The minimum Gasteiger partial charge on any atom is -0.354 e. The zero-order chi connectivity index (χ0) is 8.69. The maximum absolute atomic E-state index is 10.7. The van der Waals surface area contributed by atoms with Gasteiger partial charge in [-0.1, -0.05) is 0 Å². The van der Waals surface area contributed by atoms with Gasteiger partial charge in [-0.2, -0.15) is 5.26 Å². The Balaban J connectivity index is 3.39. The van der Waals surface area contributed by atoms with Crippen LogP contribution >= 0.6 is 0 Å². The SMILES string of the molecule is CNC(C)CNC(=O)CC#N. The number of hydrogen-bond donors (Lipinski definition) is 2. The van der Waals surface area contributed by atoms with E-state index in [1.807, 2.05) is 14.0 Å². The number of amides is 1. The summed E-state index contributed by atoms with van der Waals surface area (Å²) < 4.78 is 0. The molecule has 0 heterocycles.